The fraction of sp³-hybridized carbons (Fsp3) is 0.889. The van der Waals surface area contributed by atoms with Gasteiger partial charge in [-0.25, -0.2) is 9.13 Å². The summed E-state index contributed by atoms with van der Waals surface area (Å²) in [6.45, 7) is 7.19. The zero-order valence-corrected chi connectivity index (χ0v) is 60.3. The van der Waals surface area contributed by atoms with E-state index in [2.05, 4.69) is 58.9 Å². The molecule has 0 amide bonds. The number of aliphatic hydroxyl groups is 1. The minimum Gasteiger partial charge on any atom is -0.462 e. The lowest BCUT2D eigenvalue weighted by molar-refractivity contribution is -0.161. The van der Waals surface area contributed by atoms with Crippen LogP contribution in [0, 0.1) is 5.92 Å². The van der Waals surface area contributed by atoms with Gasteiger partial charge in [0.15, 0.2) is 12.2 Å². The highest BCUT2D eigenvalue weighted by atomic mass is 31.2. The maximum Gasteiger partial charge on any atom is 0.472 e. The van der Waals surface area contributed by atoms with Crippen molar-refractivity contribution in [3.8, 4) is 0 Å². The second-order valence-electron chi connectivity index (χ2n) is 25.8. The molecule has 0 heterocycles. The maximum atomic E-state index is 13.0. The smallest absolute Gasteiger partial charge is 0.462 e. The van der Waals surface area contributed by atoms with E-state index < -0.39 is 97.5 Å². The quantitative estimate of drug-likeness (QED) is 0.0169. The molecule has 0 aliphatic carbocycles. The molecule has 19 heteroatoms. The summed E-state index contributed by atoms with van der Waals surface area (Å²) in [6, 6.07) is 0. The van der Waals surface area contributed by atoms with E-state index in [4.69, 9.17) is 37.0 Å². The highest BCUT2D eigenvalue weighted by molar-refractivity contribution is 7.47. The molecule has 0 aromatic heterocycles. The van der Waals surface area contributed by atoms with Crippen LogP contribution in [0.25, 0.3) is 0 Å². The van der Waals surface area contributed by atoms with Crippen LogP contribution in [0.1, 0.15) is 349 Å². The zero-order chi connectivity index (χ0) is 67.0. The molecule has 0 radical (unpaired) electrons. The highest BCUT2D eigenvalue weighted by Crippen LogP contribution is 2.45. The van der Waals surface area contributed by atoms with Gasteiger partial charge >= 0.3 is 39.5 Å². The summed E-state index contributed by atoms with van der Waals surface area (Å²) in [5, 5.41) is 10.6. The summed E-state index contributed by atoms with van der Waals surface area (Å²) in [6.07, 6.45) is 54.7. The Labute approximate surface area is 554 Å². The van der Waals surface area contributed by atoms with Gasteiger partial charge in [-0.2, -0.15) is 0 Å². The number of aliphatic hydroxyl groups excluding tert-OH is 1. The number of hydrogen-bond donors (Lipinski definition) is 3. The lowest BCUT2D eigenvalue weighted by atomic mass is 10.0. The molecule has 0 aliphatic rings. The number of esters is 4. The van der Waals surface area contributed by atoms with E-state index in [1.807, 2.05) is 0 Å². The Morgan fingerprint density at radius 3 is 0.901 bits per heavy atom. The molecule has 0 aliphatic heterocycles. The molecular weight excluding hydrogens is 1200 g/mol. The molecule has 91 heavy (non-hydrogen) atoms. The van der Waals surface area contributed by atoms with Crippen LogP contribution in [0.15, 0.2) is 24.3 Å². The van der Waals surface area contributed by atoms with Gasteiger partial charge in [0.1, 0.15) is 19.3 Å². The molecule has 0 saturated heterocycles. The summed E-state index contributed by atoms with van der Waals surface area (Å²) >= 11 is 0. The molecule has 0 aromatic rings. The first-order chi connectivity index (χ1) is 44.0. The highest BCUT2D eigenvalue weighted by Gasteiger charge is 2.30. The second-order valence-corrected chi connectivity index (χ2v) is 28.7. The third-order valence-electron chi connectivity index (χ3n) is 16.2. The first-order valence-corrected chi connectivity index (χ1v) is 39.9. The van der Waals surface area contributed by atoms with Crippen LogP contribution in [-0.4, -0.2) is 96.7 Å². The average molecular weight is 1340 g/mol. The van der Waals surface area contributed by atoms with Crippen LogP contribution >= 0.6 is 15.6 Å². The number of ether oxygens (including phenoxy) is 4. The molecular formula is C72H136O17P2. The third-order valence-corrected chi connectivity index (χ3v) is 18.1. The van der Waals surface area contributed by atoms with Gasteiger partial charge in [-0.05, 0) is 57.3 Å². The van der Waals surface area contributed by atoms with E-state index in [0.717, 1.165) is 109 Å². The molecule has 2 unspecified atom stereocenters. The van der Waals surface area contributed by atoms with Crippen molar-refractivity contribution in [2.75, 3.05) is 39.6 Å². The Balaban J connectivity index is 5.29. The van der Waals surface area contributed by atoms with E-state index in [1.165, 1.54) is 161 Å². The van der Waals surface area contributed by atoms with Crippen molar-refractivity contribution in [3.05, 3.63) is 24.3 Å². The van der Waals surface area contributed by atoms with Crippen molar-refractivity contribution in [2.24, 2.45) is 5.92 Å². The molecule has 0 saturated carbocycles. The Hall–Kier alpha value is -2.46. The topological polar surface area (TPSA) is 237 Å². The van der Waals surface area contributed by atoms with Gasteiger partial charge in [0, 0.05) is 25.7 Å². The van der Waals surface area contributed by atoms with Crippen molar-refractivity contribution in [3.63, 3.8) is 0 Å². The van der Waals surface area contributed by atoms with Crippen molar-refractivity contribution >= 4 is 39.5 Å². The summed E-state index contributed by atoms with van der Waals surface area (Å²) in [5.41, 5.74) is 0. The Bertz CT molecular complexity index is 1850. The maximum absolute atomic E-state index is 13.0. The minimum atomic E-state index is -4.96. The number of phosphoric ester groups is 2. The fourth-order valence-electron chi connectivity index (χ4n) is 10.5. The largest absolute Gasteiger partial charge is 0.472 e. The van der Waals surface area contributed by atoms with Gasteiger partial charge in [-0.1, -0.05) is 296 Å². The summed E-state index contributed by atoms with van der Waals surface area (Å²) in [5.74, 6) is -1.38. The zero-order valence-electron chi connectivity index (χ0n) is 58.5. The van der Waals surface area contributed by atoms with E-state index >= 15 is 0 Å². The normalized spacial score (nSPS) is 14.2. The van der Waals surface area contributed by atoms with E-state index in [0.29, 0.717) is 25.7 Å². The van der Waals surface area contributed by atoms with Gasteiger partial charge in [0.25, 0.3) is 0 Å². The van der Waals surface area contributed by atoms with Gasteiger partial charge in [0.2, 0.25) is 0 Å². The first kappa shape index (κ1) is 88.5. The number of allylic oxidation sites excluding steroid dienone is 4. The standard InChI is InChI=1S/C72H136O17P2/c1-6-9-12-15-18-21-24-25-26-27-32-38-43-48-53-58-72(77)89-68(62-83-70(75)56-51-46-41-36-33-28-31-34-39-44-49-54-65(4)5)64-87-91(80,81)85-60-66(73)59-84-90(78,79)86-63-67(88-71(76)57-52-47-42-37-30-23-20-17-14-11-8-3)61-82-69(74)55-50-45-40-35-29-22-19-16-13-10-7-2/h21,24-26,65-68,73H,6-20,22-23,27-64H2,1-5H3,(H,78,79)(H,80,81)/b24-21-,26-25-/t66-,67+,68+/m0/s1. The fourth-order valence-corrected chi connectivity index (χ4v) is 12.0. The van der Waals surface area contributed by atoms with E-state index in [9.17, 15) is 43.2 Å². The molecule has 3 N–H and O–H groups in total. The number of carbonyl (C=O) groups is 4. The number of hydrogen-bond acceptors (Lipinski definition) is 15. The molecule has 17 nitrogen and oxygen atoms in total. The number of unbranched alkanes of at least 4 members (excludes halogenated alkanes) is 39. The predicted molar refractivity (Wildman–Crippen MR) is 368 cm³/mol. The third kappa shape index (κ3) is 66.0. The van der Waals surface area contributed by atoms with Gasteiger partial charge in [0.05, 0.1) is 26.4 Å². The number of carbonyl (C=O) groups excluding carboxylic acids is 4. The monoisotopic (exact) mass is 1330 g/mol. The minimum absolute atomic E-state index is 0.0852. The number of phosphoric acid groups is 2. The summed E-state index contributed by atoms with van der Waals surface area (Å²) in [4.78, 5) is 72.6. The molecule has 0 rings (SSSR count). The van der Waals surface area contributed by atoms with Crippen molar-refractivity contribution in [2.45, 2.75) is 368 Å². The predicted octanol–water partition coefficient (Wildman–Crippen LogP) is 20.5. The Kier molecular flexibility index (Phi) is 63.1. The molecule has 0 fully saturated rings. The van der Waals surface area contributed by atoms with Crippen LogP contribution in [0.4, 0.5) is 0 Å². The van der Waals surface area contributed by atoms with E-state index in [1.54, 1.807) is 0 Å². The molecule has 0 spiro atoms. The van der Waals surface area contributed by atoms with E-state index in [-0.39, 0.29) is 25.7 Å². The Morgan fingerprint density at radius 1 is 0.341 bits per heavy atom. The molecule has 536 valence electrons. The summed E-state index contributed by atoms with van der Waals surface area (Å²) < 4.78 is 68.3. The Morgan fingerprint density at radius 2 is 0.593 bits per heavy atom. The lowest BCUT2D eigenvalue weighted by Crippen LogP contribution is -2.30. The van der Waals surface area contributed by atoms with Crippen LogP contribution in [0.3, 0.4) is 0 Å². The first-order valence-electron chi connectivity index (χ1n) is 37.0. The van der Waals surface area contributed by atoms with Gasteiger partial charge < -0.3 is 33.8 Å². The second kappa shape index (κ2) is 64.9. The van der Waals surface area contributed by atoms with Crippen LogP contribution in [-0.2, 0) is 65.4 Å². The van der Waals surface area contributed by atoms with Crippen molar-refractivity contribution in [1.82, 2.24) is 0 Å². The SMILES string of the molecule is CCCCCC/C=C\C=C/CCCCCCCC(=O)O[C@H](COC(=O)CCCCCCCCCCCCCC(C)C)COP(=O)(O)OC[C@@H](O)COP(=O)(O)OC[C@@H](COC(=O)CCCCCCCCCCCCC)OC(=O)CCCCCCCCCCCCC. The molecule has 5 atom stereocenters. The van der Waals surface area contributed by atoms with Crippen molar-refractivity contribution in [1.29, 1.82) is 0 Å². The van der Waals surface area contributed by atoms with Crippen LogP contribution < -0.4 is 0 Å². The molecule has 0 aromatic carbocycles. The van der Waals surface area contributed by atoms with Gasteiger partial charge in [-0.3, -0.25) is 37.3 Å². The van der Waals surface area contributed by atoms with Crippen molar-refractivity contribution < 1.29 is 80.2 Å². The van der Waals surface area contributed by atoms with Crippen LogP contribution in [0.5, 0.6) is 0 Å². The van der Waals surface area contributed by atoms with Gasteiger partial charge in [-0.15, -0.1) is 0 Å². The number of rotatable bonds is 70. The molecule has 0 bridgehead atoms. The van der Waals surface area contributed by atoms with Crippen LogP contribution in [0.2, 0.25) is 0 Å². The average Bonchev–Trinajstić information content (AvgIpc) is 2.74. The summed E-state index contributed by atoms with van der Waals surface area (Å²) in [7, 11) is -9.91. The lowest BCUT2D eigenvalue weighted by Gasteiger charge is -2.21.